The van der Waals surface area contributed by atoms with Gasteiger partial charge in [-0.1, -0.05) is 11.8 Å². The molecule has 5 heteroatoms. The van der Waals surface area contributed by atoms with Crippen LogP contribution in [0.5, 0.6) is 0 Å². The second kappa shape index (κ2) is 5.74. The molecule has 0 spiro atoms. The van der Waals surface area contributed by atoms with Gasteiger partial charge in [-0.3, -0.25) is 4.79 Å². The molecule has 1 saturated heterocycles. The number of aliphatic hydroxyl groups excluding tert-OH is 1. The van der Waals surface area contributed by atoms with Gasteiger partial charge in [-0.15, -0.1) is 11.3 Å². The molecule has 0 radical (unpaired) electrons. The van der Waals surface area contributed by atoms with Crippen LogP contribution < -0.4 is 0 Å². The van der Waals surface area contributed by atoms with E-state index in [1.807, 2.05) is 24.8 Å². The van der Waals surface area contributed by atoms with Gasteiger partial charge in [-0.2, -0.15) is 0 Å². The summed E-state index contributed by atoms with van der Waals surface area (Å²) < 4.78 is 5.42. The Kier molecular flexibility index (Phi) is 4.25. The lowest BCUT2D eigenvalue weighted by Gasteiger charge is -2.41. The summed E-state index contributed by atoms with van der Waals surface area (Å²) >= 11 is 1.36. The average Bonchev–Trinajstić information content (AvgIpc) is 2.84. The van der Waals surface area contributed by atoms with Gasteiger partial charge in [0.15, 0.2) is 0 Å². The van der Waals surface area contributed by atoms with Crippen LogP contribution >= 0.6 is 11.3 Å². The van der Waals surface area contributed by atoms with Crippen molar-refractivity contribution >= 4 is 17.2 Å². The molecule has 1 aromatic heterocycles. The Morgan fingerprint density at radius 2 is 2.37 bits per heavy atom. The molecule has 2 heterocycles. The number of ether oxygens (including phenoxy) is 1. The van der Waals surface area contributed by atoms with E-state index in [1.165, 1.54) is 11.3 Å². The summed E-state index contributed by atoms with van der Waals surface area (Å²) in [5.41, 5.74) is -0.281. The van der Waals surface area contributed by atoms with E-state index in [1.54, 1.807) is 6.07 Å². The minimum absolute atomic E-state index is 0.0235. The zero-order chi connectivity index (χ0) is 13.9. The van der Waals surface area contributed by atoms with Gasteiger partial charge < -0.3 is 14.7 Å². The maximum atomic E-state index is 12.5. The number of carbonyl (C=O) groups excluding carboxylic acids is 1. The van der Waals surface area contributed by atoms with Crippen LogP contribution in [0.15, 0.2) is 12.1 Å². The Morgan fingerprint density at radius 1 is 1.58 bits per heavy atom. The number of morpholine rings is 1. The molecule has 0 bridgehead atoms. The number of carbonyl (C=O) groups is 1. The van der Waals surface area contributed by atoms with Crippen LogP contribution in [0.1, 0.15) is 28.4 Å². The van der Waals surface area contributed by atoms with Crippen molar-refractivity contribution in [2.24, 2.45) is 0 Å². The summed E-state index contributed by atoms with van der Waals surface area (Å²) in [4.78, 5) is 15.8. The van der Waals surface area contributed by atoms with E-state index in [9.17, 15) is 4.79 Å². The van der Waals surface area contributed by atoms with Crippen LogP contribution in [0, 0.1) is 11.8 Å². The normalized spacial score (nSPS) is 17.7. The van der Waals surface area contributed by atoms with Gasteiger partial charge in [0.05, 0.1) is 28.5 Å². The van der Waals surface area contributed by atoms with Crippen molar-refractivity contribution in [1.29, 1.82) is 0 Å². The van der Waals surface area contributed by atoms with Crippen molar-refractivity contribution in [1.82, 2.24) is 4.90 Å². The average molecular weight is 279 g/mol. The molecule has 1 aliphatic heterocycles. The van der Waals surface area contributed by atoms with E-state index in [-0.39, 0.29) is 18.1 Å². The fourth-order valence-corrected chi connectivity index (χ4v) is 2.84. The molecule has 1 N–H and O–H groups in total. The van der Waals surface area contributed by atoms with E-state index in [4.69, 9.17) is 9.84 Å². The van der Waals surface area contributed by atoms with Crippen LogP contribution in [0.3, 0.4) is 0 Å². The molecular weight excluding hydrogens is 262 g/mol. The molecule has 2 rings (SSSR count). The summed E-state index contributed by atoms with van der Waals surface area (Å²) in [6.07, 6.45) is 0. The maximum absolute atomic E-state index is 12.5. The molecule has 1 aliphatic rings. The van der Waals surface area contributed by atoms with Crippen molar-refractivity contribution in [3.05, 3.63) is 21.9 Å². The van der Waals surface area contributed by atoms with E-state index in [2.05, 4.69) is 11.8 Å². The summed E-state index contributed by atoms with van der Waals surface area (Å²) in [6.45, 7) is 5.59. The molecule has 0 unspecified atom stereocenters. The largest absolute Gasteiger partial charge is 0.384 e. The minimum Gasteiger partial charge on any atom is -0.384 e. The first kappa shape index (κ1) is 14.1. The first-order chi connectivity index (χ1) is 9.04. The van der Waals surface area contributed by atoms with Crippen LogP contribution in [0.2, 0.25) is 0 Å². The summed E-state index contributed by atoms with van der Waals surface area (Å²) in [6, 6.07) is 3.61. The highest BCUT2D eigenvalue weighted by molar-refractivity contribution is 7.14. The SMILES string of the molecule is CC1(C)COCCN1C(=O)c1ccc(C#CCO)s1. The topological polar surface area (TPSA) is 49.8 Å². The zero-order valence-electron chi connectivity index (χ0n) is 11.1. The molecule has 102 valence electrons. The van der Waals surface area contributed by atoms with E-state index in [0.717, 1.165) is 4.88 Å². The van der Waals surface area contributed by atoms with Gasteiger partial charge in [0.2, 0.25) is 0 Å². The Balaban J connectivity index is 2.17. The monoisotopic (exact) mass is 279 g/mol. The quantitative estimate of drug-likeness (QED) is 0.789. The highest BCUT2D eigenvalue weighted by atomic mass is 32.1. The standard InChI is InChI=1S/C14H17NO3S/c1-14(2)10-18-9-7-15(14)13(17)12-6-5-11(19-12)4-3-8-16/h5-6,16H,7-10H2,1-2H3. The third kappa shape index (κ3) is 3.16. The Labute approximate surface area is 117 Å². The van der Waals surface area contributed by atoms with Crippen molar-refractivity contribution in [3.63, 3.8) is 0 Å². The zero-order valence-corrected chi connectivity index (χ0v) is 11.9. The van der Waals surface area contributed by atoms with Gasteiger partial charge in [-0.05, 0) is 26.0 Å². The molecule has 19 heavy (non-hydrogen) atoms. The lowest BCUT2D eigenvalue weighted by atomic mass is 10.0. The van der Waals surface area contributed by atoms with Crippen LogP contribution in [-0.2, 0) is 4.74 Å². The van der Waals surface area contributed by atoms with Crippen LogP contribution in [0.4, 0.5) is 0 Å². The fraction of sp³-hybridized carbons (Fsp3) is 0.500. The molecule has 1 aromatic rings. The number of thiophene rings is 1. The molecule has 4 nitrogen and oxygen atoms in total. The minimum atomic E-state index is -0.281. The maximum Gasteiger partial charge on any atom is 0.264 e. The highest BCUT2D eigenvalue weighted by Crippen LogP contribution is 2.24. The molecule has 0 aliphatic carbocycles. The molecule has 1 fully saturated rings. The van der Waals surface area contributed by atoms with Crippen molar-refractivity contribution in [3.8, 4) is 11.8 Å². The molecule has 0 aromatic carbocycles. The highest BCUT2D eigenvalue weighted by Gasteiger charge is 2.34. The van der Waals surface area contributed by atoms with Crippen molar-refractivity contribution in [2.45, 2.75) is 19.4 Å². The summed E-state index contributed by atoms with van der Waals surface area (Å²) in [5, 5.41) is 8.66. The molecule has 0 atom stereocenters. The van der Waals surface area contributed by atoms with Gasteiger partial charge in [0, 0.05) is 6.54 Å². The number of amides is 1. The van der Waals surface area contributed by atoms with Crippen molar-refractivity contribution < 1.29 is 14.6 Å². The van der Waals surface area contributed by atoms with Gasteiger partial charge in [-0.25, -0.2) is 0 Å². The fourth-order valence-electron chi connectivity index (χ4n) is 2.01. The first-order valence-electron chi connectivity index (χ1n) is 6.14. The van der Waals surface area contributed by atoms with Gasteiger partial charge in [0.25, 0.3) is 5.91 Å². The Morgan fingerprint density at radius 3 is 3.05 bits per heavy atom. The third-order valence-corrected chi connectivity index (χ3v) is 3.99. The second-order valence-electron chi connectivity index (χ2n) is 4.95. The molecule has 1 amide bonds. The van der Waals surface area contributed by atoms with E-state index in [0.29, 0.717) is 24.6 Å². The summed E-state index contributed by atoms with van der Waals surface area (Å²) in [5.74, 6) is 5.42. The third-order valence-electron chi connectivity index (χ3n) is 3.00. The number of nitrogens with zero attached hydrogens (tertiary/aromatic N) is 1. The number of aliphatic hydroxyl groups is 1. The van der Waals surface area contributed by atoms with E-state index < -0.39 is 0 Å². The molecule has 0 saturated carbocycles. The lowest BCUT2D eigenvalue weighted by molar-refractivity contribution is -0.0368. The smallest absolute Gasteiger partial charge is 0.264 e. The first-order valence-corrected chi connectivity index (χ1v) is 6.95. The van der Waals surface area contributed by atoms with Crippen molar-refractivity contribution in [2.75, 3.05) is 26.4 Å². The van der Waals surface area contributed by atoms with E-state index >= 15 is 0 Å². The van der Waals surface area contributed by atoms with Gasteiger partial charge in [0.1, 0.15) is 6.61 Å². The number of hydrogen-bond acceptors (Lipinski definition) is 4. The molecular formula is C14H17NO3S. The number of rotatable bonds is 1. The van der Waals surface area contributed by atoms with Gasteiger partial charge >= 0.3 is 0 Å². The van der Waals surface area contributed by atoms with Crippen LogP contribution in [0.25, 0.3) is 0 Å². The second-order valence-corrected chi connectivity index (χ2v) is 6.03. The number of hydrogen-bond donors (Lipinski definition) is 1. The predicted molar refractivity (Wildman–Crippen MR) is 74.2 cm³/mol. The van der Waals surface area contributed by atoms with Crippen LogP contribution in [-0.4, -0.2) is 47.8 Å². The predicted octanol–water partition coefficient (Wildman–Crippen LogP) is 1.34. The Hall–Kier alpha value is -1.35. The Bertz CT molecular complexity index is 524. The lowest BCUT2D eigenvalue weighted by Crippen LogP contribution is -2.55. The summed E-state index contributed by atoms with van der Waals surface area (Å²) in [7, 11) is 0.